The third-order valence-corrected chi connectivity index (χ3v) is 4.45. The van der Waals surface area contributed by atoms with Crippen LogP contribution in [0, 0.1) is 0 Å². The normalized spacial score (nSPS) is 13.8. The second kappa shape index (κ2) is 8.84. The van der Waals surface area contributed by atoms with E-state index in [4.69, 9.17) is 11.6 Å². The number of ether oxygens (including phenoxy) is 1. The molecule has 9 heteroatoms. The molecule has 2 N–H and O–H groups in total. The number of alkyl halides is 3. The summed E-state index contributed by atoms with van der Waals surface area (Å²) in [7, 11) is 0. The zero-order valence-electron chi connectivity index (χ0n) is 15.2. The molecule has 0 aromatic heterocycles. The molecule has 0 spiro atoms. The summed E-state index contributed by atoms with van der Waals surface area (Å²) in [5, 5.41) is 5.73. The summed E-state index contributed by atoms with van der Waals surface area (Å²) in [5.41, 5.74) is 1.58. The number of hydrogen-bond acceptors (Lipinski definition) is 3. The molecule has 1 aliphatic rings. The van der Waals surface area contributed by atoms with Gasteiger partial charge in [0.05, 0.1) is 17.2 Å². The van der Waals surface area contributed by atoms with Gasteiger partial charge in [0.25, 0.3) is 11.8 Å². The molecule has 2 aromatic carbocycles. The molecule has 154 valence electrons. The van der Waals surface area contributed by atoms with Gasteiger partial charge >= 0.3 is 6.18 Å². The second-order valence-electron chi connectivity index (χ2n) is 6.70. The van der Waals surface area contributed by atoms with Gasteiger partial charge in [-0.05, 0) is 48.7 Å². The van der Waals surface area contributed by atoms with E-state index in [9.17, 15) is 22.8 Å². The van der Waals surface area contributed by atoms with Crippen LogP contribution in [-0.4, -0.2) is 30.6 Å². The number of benzene rings is 2. The Labute approximate surface area is 170 Å². The lowest BCUT2D eigenvalue weighted by atomic mass is 10.1. The summed E-state index contributed by atoms with van der Waals surface area (Å²) in [6.45, 7) is -1.54. The van der Waals surface area contributed by atoms with Gasteiger partial charge in [-0.3, -0.25) is 9.59 Å². The Morgan fingerprint density at radius 2 is 1.76 bits per heavy atom. The number of carbonyl (C=O) groups is 2. The highest BCUT2D eigenvalue weighted by molar-refractivity contribution is 6.34. The summed E-state index contributed by atoms with van der Waals surface area (Å²) in [6.07, 6.45) is -2.45. The zero-order valence-corrected chi connectivity index (χ0v) is 15.9. The minimum absolute atomic E-state index is 0.207. The van der Waals surface area contributed by atoms with Crippen LogP contribution >= 0.6 is 11.6 Å². The van der Waals surface area contributed by atoms with Crippen LogP contribution in [0.4, 0.5) is 18.9 Å². The van der Waals surface area contributed by atoms with E-state index < -0.39 is 18.7 Å². The van der Waals surface area contributed by atoms with Crippen LogP contribution in [0.2, 0.25) is 5.02 Å². The number of hydrogen-bond donors (Lipinski definition) is 2. The van der Waals surface area contributed by atoms with E-state index in [0.717, 1.165) is 12.8 Å². The maximum absolute atomic E-state index is 12.3. The Morgan fingerprint density at radius 3 is 2.34 bits per heavy atom. The minimum Gasteiger partial charge on any atom is -0.367 e. The summed E-state index contributed by atoms with van der Waals surface area (Å²) in [4.78, 5) is 24.4. The Morgan fingerprint density at radius 1 is 1.07 bits per heavy atom. The van der Waals surface area contributed by atoms with Gasteiger partial charge in [0.1, 0.15) is 6.61 Å². The average Bonchev–Trinajstić information content (AvgIpc) is 3.45. The number of carbonyl (C=O) groups excluding carboxylic acids is 2. The van der Waals surface area contributed by atoms with Gasteiger partial charge in [-0.2, -0.15) is 13.2 Å². The summed E-state index contributed by atoms with van der Waals surface area (Å²) in [5.74, 6) is -0.669. The molecule has 1 saturated carbocycles. The molecule has 1 fully saturated rings. The maximum atomic E-state index is 12.3. The van der Waals surface area contributed by atoms with Crippen LogP contribution < -0.4 is 10.6 Å². The molecule has 0 bridgehead atoms. The van der Waals surface area contributed by atoms with Gasteiger partial charge in [0.2, 0.25) is 0 Å². The molecule has 2 amide bonds. The van der Waals surface area contributed by atoms with Gasteiger partial charge < -0.3 is 15.4 Å². The molecule has 0 aliphatic heterocycles. The Balaban J connectivity index is 1.56. The van der Waals surface area contributed by atoms with Gasteiger partial charge in [-0.15, -0.1) is 0 Å². The Bertz CT molecular complexity index is 897. The second-order valence-corrected chi connectivity index (χ2v) is 7.11. The van der Waals surface area contributed by atoms with Crippen LogP contribution in [-0.2, 0) is 11.3 Å². The van der Waals surface area contributed by atoms with Gasteiger partial charge in [0.15, 0.2) is 0 Å². The van der Waals surface area contributed by atoms with Crippen molar-refractivity contribution in [3.63, 3.8) is 0 Å². The van der Waals surface area contributed by atoms with E-state index in [1.807, 2.05) is 0 Å². The fraction of sp³-hybridized carbons (Fsp3) is 0.300. The van der Waals surface area contributed by atoms with Crippen LogP contribution in [0.1, 0.15) is 39.1 Å². The first-order chi connectivity index (χ1) is 13.7. The van der Waals surface area contributed by atoms with Gasteiger partial charge in [0, 0.05) is 17.3 Å². The number of nitrogens with one attached hydrogen (secondary N) is 2. The molecular formula is C20H18ClF3N2O3. The molecule has 0 radical (unpaired) electrons. The lowest BCUT2D eigenvalue weighted by Crippen LogP contribution is -2.25. The van der Waals surface area contributed by atoms with Crippen molar-refractivity contribution < 1.29 is 27.5 Å². The lowest BCUT2D eigenvalue weighted by molar-refractivity contribution is -0.176. The third-order valence-electron chi connectivity index (χ3n) is 4.13. The summed E-state index contributed by atoms with van der Waals surface area (Å²) < 4.78 is 40.8. The Hall–Kier alpha value is -2.58. The molecule has 0 unspecified atom stereocenters. The van der Waals surface area contributed by atoms with E-state index in [1.54, 1.807) is 6.07 Å². The predicted octanol–water partition coefficient (Wildman–Crippen LogP) is 4.56. The quantitative estimate of drug-likeness (QED) is 0.682. The first-order valence-electron chi connectivity index (χ1n) is 8.86. The number of anilines is 1. The highest BCUT2D eigenvalue weighted by atomic mass is 35.5. The van der Waals surface area contributed by atoms with Crippen LogP contribution in [0.25, 0.3) is 0 Å². The van der Waals surface area contributed by atoms with Crippen molar-refractivity contribution in [1.29, 1.82) is 0 Å². The third kappa shape index (κ3) is 6.47. The van der Waals surface area contributed by atoms with Gasteiger partial charge in [-0.25, -0.2) is 0 Å². The summed E-state index contributed by atoms with van der Waals surface area (Å²) >= 11 is 6.15. The van der Waals surface area contributed by atoms with Crippen molar-refractivity contribution >= 4 is 29.1 Å². The molecule has 3 rings (SSSR count). The molecule has 0 heterocycles. The van der Waals surface area contributed by atoms with Crippen molar-refractivity contribution in [3.8, 4) is 0 Å². The monoisotopic (exact) mass is 426 g/mol. The molecule has 0 saturated heterocycles. The van der Waals surface area contributed by atoms with Gasteiger partial charge in [-0.1, -0.05) is 23.7 Å². The summed E-state index contributed by atoms with van der Waals surface area (Å²) in [6, 6.07) is 10.8. The molecular weight excluding hydrogens is 409 g/mol. The van der Waals surface area contributed by atoms with Crippen LogP contribution in [0.5, 0.6) is 0 Å². The smallest absolute Gasteiger partial charge is 0.367 e. The standard InChI is InChI=1S/C20H18ClF3N2O3/c21-17-9-15(7-8-16(17)19(28)25-14-5-6-14)26-18(27)13-3-1-12(2-4-13)10-29-11-20(22,23)24/h1-4,7-9,14H,5-6,10-11H2,(H,25,28)(H,26,27). The van der Waals surface area contributed by atoms with E-state index in [0.29, 0.717) is 22.4 Å². The SMILES string of the molecule is O=C(Nc1ccc(C(=O)NC2CC2)c(Cl)c1)c1ccc(COCC(F)(F)F)cc1. The van der Waals surface area contributed by atoms with E-state index in [2.05, 4.69) is 15.4 Å². The lowest BCUT2D eigenvalue weighted by Gasteiger charge is -2.10. The molecule has 1 aliphatic carbocycles. The zero-order chi connectivity index (χ0) is 21.0. The average molecular weight is 427 g/mol. The first kappa shape index (κ1) is 21.1. The largest absolute Gasteiger partial charge is 0.411 e. The fourth-order valence-electron chi connectivity index (χ4n) is 2.51. The van der Waals surface area contributed by atoms with E-state index >= 15 is 0 Å². The van der Waals surface area contributed by atoms with Crippen molar-refractivity contribution in [2.75, 3.05) is 11.9 Å². The highest BCUT2D eigenvalue weighted by Crippen LogP contribution is 2.24. The Kier molecular flexibility index (Phi) is 6.44. The van der Waals surface area contributed by atoms with E-state index in [1.165, 1.54) is 36.4 Å². The molecule has 0 atom stereocenters. The fourth-order valence-corrected chi connectivity index (χ4v) is 2.77. The van der Waals surface area contributed by atoms with Crippen LogP contribution in [0.15, 0.2) is 42.5 Å². The minimum atomic E-state index is -4.38. The van der Waals surface area contributed by atoms with E-state index in [-0.39, 0.29) is 23.6 Å². The van der Waals surface area contributed by atoms with Crippen molar-refractivity contribution in [2.24, 2.45) is 0 Å². The number of halogens is 4. The maximum Gasteiger partial charge on any atom is 0.411 e. The van der Waals surface area contributed by atoms with Crippen LogP contribution in [0.3, 0.4) is 0 Å². The first-order valence-corrected chi connectivity index (χ1v) is 9.24. The number of rotatable bonds is 7. The van der Waals surface area contributed by atoms with Crippen molar-refractivity contribution in [1.82, 2.24) is 5.32 Å². The molecule has 2 aromatic rings. The molecule has 29 heavy (non-hydrogen) atoms. The van der Waals surface area contributed by atoms with Crippen molar-refractivity contribution in [2.45, 2.75) is 31.7 Å². The predicted molar refractivity (Wildman–Crippen MR) is 102 cm³/mol. The topological polar surface area (TPSA) is 67.4 Å². The van der Waals surface area contributed by atoms with Crippen molar-refractivity contribution in [3.05, 3.63) is 64.2 Å². The molecule has 5 nitrogen and oxygen atoms in total. The number of amides is 2. The highest BCUT2D eigenvalue weighted by Gasteiger charge is 2.27.